The highest BCUT2D eigenvalue weighted by molar-refractivity contribution is 7.89. The fourth-order valence-corrected chi connectivity index (χ4v) is 4.63. The highest BCUT2D eigenvalue weighted by Crippen LogP contribution is 2.33. The third kappa shape index (κ3) is 4.70. The van der Waals surface area contributed by atoms with E-state index in [4.69, 9.17) is 23.7 Å². The van der Waals surface area contributed by atoms with Crippen molar-refractivity contribution >= 4 is 15.7 Å². The van der Waals surface area contributed by atoms with Crippen LogP contribution in [-0.2, 0) is 10.0 Å². The van der Waals surface area contributed by atoms with Crippen molar-refractivity contribution in [3.8, 4) is 40.3 Å². The Morgan fingerprint density at radius 1 is 0.972 bits per heavy atom. The lowest BCUT2D eigenvalue weighted by molar-refractivity contribution is 0.171. The van der Waals surface area contributed by atoms with Gasteiger partial charge in [-0.2, -0.15) is 4.52 Å². The first-order chi connectivity index (χ1) is 17.5. The lowest BCUT2D eigenvalue weighted by atomic mass is 10.2. The Morgan fingerprint density at radius 3 is 2.61 bits per heavy atom. The molecule has 0 saturated carbocycles. The molecule has 0 amide bonds. The number of aromatic nitrogens is 4. The van der Waals surface area contributed by atoms with Gasteiger partial charge in [-0.3, -0.25) is 0 Å². The van der Waals surface area contributed by atoms with Gasteiger partial charge < -0.3 is 23.7 Å². The molecule has 36 heavy (non-hydrogen) atoms. The second kappa shape index (κ2) is 9.87. The van der Waals surface area contributed by atoms with Gasteiger partial charge in [0.05, 0.1) is 24.7 Å². The summed E-state index contributed by atoms with van der Waals surface area (Å²) in [4.78, 5) is 0.0777. The lowest BCUT2D eigenvalue weighted by Gasteiger charge is -2.18. The molecule has 2 aromatic heterocycles. The molecule has 0 unspecified atom stereocenters. The Kier molecular flexibility index (Phi) is 6.48. The minimum Gasteiger partial charge on any atom is -0.497 e. The van der Waals surface area contributed by atoms with Crippen molar-refractivity contribution in [2.75, 3.05) is 40.6 Å². The lowest BCUT2D eigenvalue weighted by Crippen LogP contribution is -2.28. The van der Waals surface area contributed by atoms with Gasteiger partial charge >= 0.3 is 0 Å². The summed E-state index contributed by atoms with van der Waals surface area (Å²) in [5.74, 6) is 2.83. The molecule has 0 saturated heterocycles. The van der Waals surface area contributed by atoms with Gasteiger partial charge in [0.1, 0.15) is 31.3 Å². The third-order valence-electron chi connectivity index (χ3n) is 5.36. The molecule has 0 radical (unpaired) electrons. The van der Waals surface area contributed by atoms with Crippen molar-refractivity contribution in [3.63, 3.8) is 0 Å². The summed E-state index contributed by atoms with van der Waals surface area (Å²) in [5.41, 5.74) is 1.18. The fraction of sp³-hybridized carbons (Fsp3) is 0.261. The van der Waals surface area contributed by atoms with Crippen LogP contribution in [-0.4, -0.2) is 68.8 Å². The van der Waals surface area contributed by atoms with Gasteiger partial charge in [-0.25, -0.2) is 13.1 Å². The van der Waals surface area contributed by atoms with Gasteiger partial charge in [0.25, 0.3) is 0 Å². The van der Waals surface area contributed by atoms with Crippen LogP contribution in [0.2, 0.25) is 0 Å². The van der Waals surface area contributed by atoms with Crippen LogP contribution in [0.4, 0.5) is 0 Å². The Balaban J connectivity index is 1.27. The number of methoxy groups -OCH3 is 2. The van der Waals surface area contributed by atoms with E-state index >= 15 is 0 Å². The minimum atomic E-state index is -3.77. The van der Waals surface area contributed by atoms with E-state index in [2.05, 4.69) is 20.0 Å². The topological polar surface area (TPSA) is 135 Å². The molecule has 1 N–H and O–H groups in total. The van der Waals surface area contributed by atoms with Crippen molar-refractivity contribution in [1.82, 2.24) is 24.5 Å². The van der Waals surface area contributed by atoms with E-state index in [1.165, 1.54) is 16.6 Å². The molecule has 3 heterocycles. The van der Waals surface area contributed by atoms with E-state index < -0.39 is 10.0 Å². The third-order valence-corrected chi connectivity index (χ3v) is 6.81. The van der Waals surface area contributed by atoms with E-state index in [1.54, 1.807) is 50.6 Å². The van der Waals surface area contributed by atoms with Gasteiger partial charge in [0.2, 0.25) is 15.9 Å². The van der Waals surface area contributed by atoms with E-state index in [1.807, 2.05) is 0 Å². The van der Waals surface area contributed by atoms with E-state index in [0.717, 1.165) is 0 Å². The van der Waals surface area contributed by atoms with Crippen LogP contribution < -0.4 is 28.4 Å². The zero-order valence-electron chi connectivity index (χ0n) is 19.5. The van der Waals surface area contributed by atoms with Gasteiger partial charge in [0, 0.05) is 24.7 Å². The van der Waals surface area contributed by atoms with Crippen LogP contribution in [0.3, 0.4) is 0 Å². The number of fused-ring (bicyclic) bond motifs is 2. The van der Waals surface area contributed by atoms with Crippen LogP contribution in [0.1, 0.15) is 0 Å². The summed E-state index contributed by atoms with van der Waals surface area (Å²) in [6.07, 6.45) is 0. The summed E-state index contributed by atoms with van der Waals surface area (Å²) in [6, 6.07) is 13.1. The average molecular weight is 514 g/mol. The Bertz CT molecular complexity index is 1510. The second-order valence-corrected chi connectivity index (χ2v) is 9.35. The zero-order chi connectivity index (χ0) is 25.1. The average Bonchev–Trinajstić information content (AvgIpc) is 3.33. The SMILES string of the molecule is COc1ccc(-c2nnc3ccc(OCCNS(=O)(=O)c4ccc5c(c4)OCCO5)nn23)c(OC)c1. The largest absolute Gasteiger partial charge is 0.497 e. The molecule has 5 rings (SSSR count). The number of sulfonamides is 1. The molecule has 0 atom stereocenters. The summed E-state index contributed by atoms with van der Waals surface area (Å²) in [6.45, 7) is 0.872. The van der Waals surface area contributed by atoms with Crippen molar-refractivity contribution in [1.29, 1.82) is 0 Å². The molecule has 0 fully saturated rings. The number of benzene rings is 2. The number of rotatable bonds is 9. The van der Waals surface area contributed by atoms with Gasteiger partial charge in [-0.05, 0) is 30.3 Å². The van der Waals surface area contributed by atoms with Gasteiger partial charge in [0.15, 0.2) is 23.0 Å². The second-order valence-electron chi connectivity index (χ2n) is 7.58. The number of ether oxygens (including phenoxy) is 5. The van der Waals surface area contributed by atoms with Crippen LogP contribution in [0.15, 0.2) is 53.4 Å². The highest BCUT2D eigenvalue weighted by Gasteiger charge is 2.19. The van der Waals surface area contributed by atoms with Crippen molar-refractivity contribution in [2.24, 2.45) is 0 Å². The van der Waals surface area contributed by atoms with Crippen molar-refractivity contribution in [3.05, 3.63) is 48.5 Å². The Hall–Kier alpha value is -4.10. The molecule has 1 aliphatic rings. The zero-order valence-corrected chi connectivity index (χ0v) is 20.3. The van der Waals surface area contributed by atoms with E-state index in [0.29, 0.717) is 53.2 Å². The quantitative estimate of drug-likeness (QED) is 0.331. The number of hydrogen-bond donors (Lipinski definition) is 1. The molecule has 188 valence electrons. The first-order valence-corrected chi connectivity index (χ1v) is 12.4. The highest BCUT2D eigenvalue weighted by atomic mass is 32.2. The van der Waals surface area contributed by atoms with Gasteiger partial charge in [-0.1, -0.05) is 0 Å². The molecule has 2 aromatic carbocycles. The monoisotopic (exact) mass is 513 g/mol. The Labute approximate surface area is 206 Å². The summed E-state index contributed by atoms with van der Waals surface area (Å²) >= 11 is 0. The maximum Gasteiger partial charge on any atom is 0.240 e. The maximum absolute atomic E-state index is 12.7. The molecule has 13 heteroatoms. The number of nitrogens with zero attached hydrogens (tertiary/aromatic N) is 4. The van der Waals surface area contributed by atoms with Crippen molar-refractivity contribution < 1.29 is 32.1 Å². The first-order valence-electron chi connectivity index (χ1n) is 11.0. The minimum absolute atomic E-state index is 0.0256. The molecular formula is C23H23N5O7S. The summed E-state index contributed by atoms with van der Waals surface area (Å²) < 4.78 is 56.6. The summed E-state index contributed by atoms with van der Waals surface area (Å²) in [7, 11) is -0.642. The van der Waals surface area contributed by atoms with Gasteiger partial charge in [-0.15, -0.1) is 15.3 Å². The maximum atomic E-state index is 12.7. The molecular weight excluding hydrogens is 490 g/mol. The smallest absolute Gasteiger partial charge is 0.240 e. The molecule has 0 bridgehead atoms. The van der Waals surface area contributed by atoms with E-state index in [9.17, 15) is 8.42 Å². The molecule has 4 aromatic rings. The van der Waals surface area contributed by atoms with Crippen LogP contribution >= 0.6 is 0 Å². The molecule has 0 spiro atoms. The standard InChI is InChI=1S/C23H23N5O7S/c1-31-15-3-5-17(19(13-15)32-2)23-26-25-21-7-8-22(27-28(21)23)35-10-9-24-36(29,30)16-4-6-18-20(14-16)34-12-11-33-18/h3-8,13-14,24H,9-12H2,1-2H3. The Morgan fingerprint density at radius 2 is 1.81 bits per heavy atom. The normalized spacial score (nSPS) is 12.9. The molecule has 12 nitrogen and oxygen atoms in total. The number of nitrogens with one attached hydrogen (secondary N) is 1. The molecule has 0 aliphatic carbocycles. The van der Waals surface area contributed by atoms with Crippen LogP contribution in [0, 0.1) is 0 Å². The van der Waals surface area contributed by atoms with Crippen molar-refractivity contribution in [2.45, 2.75) is 4.90 Å². The first kappa shape index (κ1) is 23.6. The summed E-state index contributed by atoms with van der Waals surface area (Å²) in [5, 5.41) is 12.8. The predicted molar refractivity (Wildman–Crippen MR) is 127 cm³/mol. The predicted octanol–water partition coefficient (Wildman–Crippen LogP) is 1.94. The fourth-order valence-electron chi connectivity index (χ4n) is 3.61. The van der Waals surface area contributed by atoms with Crippen LogP contribution in [0.25, 0.3) is 17.0 Å². The van der Waals surface area contributed by atoms with E-state index in [-0.39, 0.29) is 23.9 Å². The molecule has 1 aliphatic heterocycles. The van der Waals surface area contributed by atoms with Crippen LogP contribution in [0.5, 0.6) is 28.9 Å². The number of hydrogen-bond acceptors (Lipinski definition) is 10.